The van der Waals surface area contributed by atoms with Gasteiger partial charge in [-0.1, -0.05) is 42.8 Å². The van der Waals surface area contributed by atoms with Gasteiger partial charge in [-0.25, -0.2) is 0 Å². The predicted molar refractivity (Wildman–Crippen MR) is 79.8 cm³/mol. The Balaban J connectivity index is 2.59. The first-order chi connectivity index (χ1) is 8.47. The van der Waals surface area contributed by atoms with E-state index in [4.69, 9.17) is 9.47 Å². The van der Waals surface area contributed by atoms with Gasteiger partial charge >= 0.3 is 0 Å². The molecule has 0 heterocycles. The van der Waals surface area contributed by atoms with Crippen LogP contribution in [0.2, 0.25) is 0 Å². The van der Waals surface area contributed by atoms with Crippen molar-refractivity contribution in [1.29, 1.82) is 0 Å². The molecule has 18 heavy (non-hydrogen) atoms. The van der Waals surface area contributed by atoms with Crippen molar-refractivity contribution in [2.24, 2.45) is 11.3 Å². The molecule has 1 aromatic carbocycles. The van der Waals surface area contributed by atoms with Crippen LogP contribution in [0.4, 0.5) is 0 Å². The number of halogens is 1. The summed E-state index contributed by atoms with van der Waals surface area (Å²) < 4.78 is 11.3. The quantitative estimate of drug-likeness (QED) is 0.719. The van der Waals surface area contributed by atoms with Crippen molar-refractivity contribution < 1.29 is 9.47 Å². The summed E-state index contributed by atoms with van der Waals surface area (Å²) in [6.07, 6.45) is 0. The smallest absolute Gasteiger partial charge is 0.122 e. The average molecular weight is 315 g/mol. The van der Waals surface area contributed by atoms with E-state index in [1.165, 1.54) is 0 Å². The maximum absolute atomic E-state index is 5.86. The summed E-state index contributed by atoms with van der Waals surface area (Å²) in [6.45, 7) is 10.1. The minimum absolute atomic E-state index is 0.237. The molecule has 1 unspecified atom stereocenters. The molecule has 0 saturated heterocycles. The second-order valence-electron chi connectivity index (χ2n) is 5.44. The second kappa shape index (κ2) is 7.03. The molecular formula is C15H23BrO2. The molecule has 0 aromatic heterocycles. The van der Waals surface area contributed by atoms with Crippen LogP contribution in [0.1, 0.15) is 27.7 Å². The van der Waals surface area contributed by atoms with E-state index in [0.29, 0.717) is 19.1 Å². The Morgan fingerprint density at radius 3 is 2.28 bits per heavy atom. The van der Waals surface area contributed by atoms with Crippen molar-refractivity contribution in [2.75, 3.05) is 18.5 Å². The minimum Gasteiger partial charge on any atom is -0.494 e. The molecule has 102 valence electrons. The van der Waals surface area contributed by atoms with Crippen molar-refractivity contribution in [3.8, 4) is 11.5 Å². The number of benzene rings is 1. The lowest BCUT2D eigenvalue weighted by molar-refractivity contribution is 0.165. The highest BCUT2D eigenvalue weighted by atomic mass is 79.9. The largest absolute Gasteiger partial charge is 0.494 e. The van der Waals surface area contributed by atoms with Crippen molar-refractivity contribution in [1.82, 2.24) is 0 Å². The normalized spacial score (nSPS) is 13.2. The highest BCUT2D eigenvalue weighted by Gasteiger charge is 2.24. The summed E-state index contributed by atoms with van der Waals surface area (Å²) in [6, 6.07) is 7.82. The van der Waals surface area contributed by atoms with E-state index in [2.05, 4.69) is 36.7 Å². The molecule has 0 bridgehead atoms. The summed E-state index contributed by atoms with van der Waals surface area (Å²) >= 11 is 3.56. The number of hydrogen-bond donors (Lipinski definition) is 0. The van der Waals surface area contributed by atoms with E-state index in [9.17, 15) is 0 Å². The van der Waals surface area contributed by atoms with Crippen LogP contribution in [-0.4, -0.2) is 18.5 Å². The molecule has 0 N–H and O–H groups in total. The van der Waals surface area contributed by atoms with Crippen molar-refractivity contribution in [3.05, 3.63) is 24.3 Å². The van der Waals surface area contributed by atoms with Gasteiger partial charge in [0.15, 0.2) is 0 Å². The van der Waals surface area contributed by atoms with Crippen LogP contribution in [0.25, 0.3) is 0 Å². The van der Waals surface area contributed by atoms with Gasteiger partial charge in [0.05, 0.1) is 13.2 Å². The Labute approximate surface area is 119 Å². The van der Waals surface area contributed by atoms with Crippen LogP contribution in [0.5, 0.6) is 11.5 Å². The van der Waals surface area contributed by atoms with Crippen molar-refractivity contribution >= 4 is 15.9 Å². The Morgan fingerprint density at radius 2 is 1.78 bits per heavy atom. The molecule has 0 amide bonds. The first-order valence-corrected chi connectivity index (χ1v) is 7.51. The Kier molecular flexibility index (Phi) is 6.00. The van der Waals surface area contributed by atoms with Crippen LogP contribution in [0.15, 0.2) is 24.3 Å². The van der Waals surface area contributed by atoms with Crippen LogP contribution < -0.4 is 9.47 Å². The summed E-state index contributed by atoms with van der Waals surface area (Å²) in [4.78, 5) is 0. The van der Waals surface area contributed by atoms with E-state index >= 15 is 0 Å². The molecule has 0 saturated carbocycles. The minimum atomic E-state index is 0.237. The fourth-order valence-electron chi connectivity index (χ4n) is 1.54. The number of ether oxygens (including phenoxy) is 2. The fraction of sp³-hybridized carbons (Fsp3) is 0.600. The first-order valence-electron chi connectivity index (χ1n) is 6.39. The predicted octanol–water partition coefficient (Wildman–Crippen LogP) is 4.52. The third-order valence-electron chi connectivity index (χ3n) is 2.98. The summed E-state index contributed by atoms with van der Waals surface area (Å²) in [7, 11) is 0. The molecule has 0 aliphatic rings. The van der Waals surface area contributed by atoms with Crippen molar-refractivity contribution in [2.45, 2.75) is 27.7 Å². The molecule has 1 aromatic rings. The molecule has 1 rings (SSSR count). The second-order valence-corrected chi connectivity index (χ2v) is 6.08. The molecule has 0 aliphatic heterocycles. The van der Waals surface area contributed by atoms with Crippen LogP contribution in [-0.2, 0) is 0 Å². The highest BCUT2D eigenvalue weighted by Crippen LogP contribution is 2.29. The monoisotopic (exact) mass is 314 g/mol. The molecule has 1 atom stereocenters. The molecule has 0 radical (unpaired) electrons. The first kappa shape index (κ1) is 15.4. The third-order valence-corrected chi connectivity index (χ3v) is 3.76. The molecule has 0 fully saturated rings. The summed E-state index contributed by atoms with van der Waals surface area (Å²) in [5.74, 6) is 2.21. The number of hydrogen-bond acceptors (Lipinski definition) is 2. The average Bonchev–Trinajstić information content (AvgIpc) is 2.29. The van der Waals surface area contributed by atoms with Crippen molar-refractivity contribution in [3.63, 3.8) is 0 Å². The summed E-state index contributed by atoms with van der Waals surface area (Å²) in [5, 5.41) is 0.946. The lowest BCUT2D eigenvalue weighted by atomic mass is 9.83. The Hall–Kier alpha value is -0.700. The van der Waals surface area contributed by atoms with Crippen LogP contribution in [0, 0.1) is 11.3 Å². The molecular weight excluding hydrogens is 292 g/mol. The fourth-order valence-corrected chi connectivity index (χ4v) is 2.70. The van der Waals surface area contributed by atoms with Gasteiger partial charge in [-0.15, -0.1) is 0 Å². The lowest BCUT2D eigenvalue weighted by Crippen LogP contribution is -2.27. The van der Waals surface area contributed by atoms with Gasteiger partial charge in [-0.3, -0.25) is 0 Å². The topological polar surface area (TPSA) is 18.5 Å². The SMILES string of the molecule is CCOc1cccc(OCC(CBr)C(C)(C)C)c1. The number of rotatable bonds is 6. The zero-order valence-electron chi connectivity index (χ0n) is 11.7. The highest BCUT2D eigenvalue weighted by molar-refractivity contribution is 9.09. The van der Waals surface area contributed by atoms with Gasteiger partial charge in [0.25, 0.3) is 0 Å². The Bertz CT molecular complexity index is 358. The summed E-state index contributed by atoms with van der Waals surface area (Å²) in [5.41, 5.74) is 0.237. The van der Waals surface area contributed by atoms with Gasteiger partial charge in [-0.2, -0.15) is 0 Å². The van der Waals surface area contributed by atoms with E-state index in [1.807, 2.05) is 31.2 Å². The molecule has 3 heteroatoms. The Morgan fingerprint density at radius 1 is 1.17 bits per heavy atom. The van der Waals surface area contributed by atoms with Gasteiger partial charge in [0, 0.05) is 17.3 Å². The maximum Gasteiger partial charge on any atom is 0.122 e. The van der Waals surface area contributed by atoms with E-state index < -0.39 is 0 Å². The zero-order chi connectivity index (χ0) is 13.6. The van der Waals surface area contributed by atoms with E-state index in [1.54, 1.807) is 0 Å². The van der Waals surface area contributed by atoms with E-state index in [0.717, 1.165) is 16.8 Å². The van der Waals surface area contributed by atoms with E-state index in [-0.39, 0.29) is 5.41 Å². The van der Waals surface area contributed by atoms with Gasteiger partial charge in [0.1, 0.15) is 11.5 Å². The van der Waals surface area contributed by atoms with Gasteiger partial charge < -0.3 is 9.47 Å². The standard InChI is InChI=1S/C15H23BrO2/c1-5-17-13-7-6-8-14(9-13)18-11-12(10-16)15(2,3)4/h6-9,12H,5,10-11H2,1-4H3. The molecule has 2 nitrogen and oxygen atoms in total. The van der Waals surface area contributed by atoms with Gasteiger partial charge in [0.2, 0.25) is 0 Å². The van der Waals surface area contributed by atoms with Crippen LogP contribution in [0.3, 0.4) is 0 Å². The maximum atomic E-state index is 5.86. The van der Waals surface area contributed by atoms with Crippen LogP contribution >= 0.6 is 15.9 Å². The van der Waals surface area contributed by atoms with Gasteiger partial charge in [-0.05, 0) is 24.5 Å². The molecule has 0 aliphatic carbocycles. The zero-order valence-corrected chi connectivity index (χ0v) is 13.3. The molecule has 0 spiro atoms. The lowest BCUT2D eigenvalue weighted by Gasteiger charge is -2.29. The third kappa shape index (κ3) is 4.89. The number of alkyl halides is 1.